The van der Waals surface area contributed by atoms with Crippen LogP contribution in [0.2, 0.25) is 0 Å². The van der Waals surface area contributed by atoms with Gasteiger partial charge in [0, 0.05) is 13.2 Å². The molecule has 0 spiro atoms. The number of aliphatic hydroxyl groups excluding tert-OH is 1. The molecule has 0 fully saturated rings. The van der Waals surface area contributed by atoms with Crippen LogP contribution in [0.3, 0.4) is 0 Å². The third kappa shape index (κ3) is 4.08. The molecule has 2 rings (SSSR count). The molecule has 1 N–H and O–H groups in total. The van der Waals surface area contributed by atoms with Gasteiger partial charge in [-0.1, -0.05) is 18.5 Å². The van der Waals surface area contributed by atoms with E-state index >= 15 is 0 Å². The van der Waals surface area contributed by atoms with Crippen LogP contribution in [0.4, 0.5) is 13.2 Å². The van der Waals surface area contributed by atoms with E-state index in [1.165, 1.54) is 30.8 Å². The van der Waals surface area contributed by atoms with Gasteiger partial charge in [-0.05, 0) is 17.7 Å². The molecule has 26 heavy (non-hydrogen) atoms. The van der Waals surface area contributed by atoms with Crippen molar-refractivity contribution in [1.29, 1.82) is 0 Å². The van der Waals surface area contributed by atoms with E-state index in [9.17, 15) is 26.7 Å². The molecule has 0 atom stereocenters. The number of allylic oxidation sites excluding steroid dienone is 1. The fourth-order valence-corrected chi connectivity index (χ4v) is 3.31. The molecule has 0 aliphatic heterocycles. The molecule has 142 valence electrons. The third-order valence-corrected chi connectivity index (χ3v) is 5.65. The van der Waals surface area contributed by atoms with Crippen molar-refractivity contribution in [3.63, 3.8) is 0 Å². The molecule has 0 unspecified atom stereocenters. The van der Waals surface area contributed by atoms with Crippen LogP contribution in [0, 0.1) is 0 Å². The first-order valence-electron chi connectivity index (χ1n) is 7.30. The molecule has 0 aliphatic carbocycles. The van der Waals surface area contributed by atoms with E-state index in [1.807, 2.05) is 0 Å². The molecule has 0 amide bonds. The lowest BCUT2D eigenvalue weighted by molar-refractivity contribution is -0.0837. The van der Waals surface area contributed by atoms with Crippen molar-refractivity contribution in [3.05, 3.63) is 34.7 Å². The van der Waals surface area contributed by atoms with Crippen LogP contribution in [0.25, 0.3) is 17.6 Å². The van der Waals surface area contributed by atoms with Gasteiger partial charge in [0.1, 0.15) is 10.7 Å². The van der Waals surface area contributed by atoms with Crippen molar-refractivity contribution in [2.24, 2.45) is 7.05 Å². The molecule has 2 heterocycles. The second-order valence-electron chi connectivity index (χ2n) is 5.31. The van der Waals surface area contributed by atoms with Crippen molar-refractivity contribution in [3.8, 4) is 11.5 Å². The summed E-state index contributed by atoms with van der Waals surface area (Å²) in [6.07, 6.45) is -1.61. The smallest absolute Gasteiger partial charge is 0.392 e. The van der Waals surface area contributed by atoms with Gasteiger partial charge in [0.15, 0.2) is 15.7 Å². The van der Waals surface area contributed by atoms with Crippen molar-refractivity contribution < 1.29 is 26.7 Å². The Labute approximate surface area is 152 Å². The number of rotatable bonds is 5. The molecular formula is C15H15ClF3N3O3S. The van der Waals surface area contributed by atoms with Gasteiger partial charge in [0.05, 0.1) is 29.1 Å². The molecule has 11 heteroatoms. The number of hydrogen-bond donors (Lipinski definition) is 1. The molecule has 0 aromatic carbocycles. The van der Waals surface area contributed by atoms with Gasteiger partial charge in [-0.15, -0.1) is 0 Å². The zero-order valence-corrected chi connectivity index (χ0v) is 15.3. The van der Waals surface area contributed by atoms with Gasteiger partial charge >= 0.3 is 6.18 Å². The maximum atomic E-state index is 12.6. The first-order valence-corrected chi connectivity index (χ1v) is 9.33. The second kappa shape index (κ2) is 7.37. The minimum Gasteiger partial charge on any atom is -0.392 e. The predicted molar refractivity (Wildman–Crippen MR) is 90.0 cm³/mol. The Morgan fingerprint density at radius 2 is 2.00 bits per heavy atom. The van der Waals surface area contributed by atoms with E-state index in [0.717, 1.165) is 6.20 Å². The average molecular weight is 410 g/mol. The van der Waals surface area contributed by atoms with Crippen molar-refractivity contribution in [2.45, 2.75) is 24.6 Å². The summed E-state index contributed by atoms with van der Waals surface area (Å²) < 4.78 is 63.8. The highest BCUT2D eigenvalue weighted by atomic mass is 35.5. The number of imidazole rings is 1. The standard InChI is InChI=1S/C15H15ClF3N3O3S/c1-3-26(24,25)11-4-9(8-23)6-20-13(11)14-21-7-10(22(14)2)5-12(16)15(17,18)19/h4-7,23H,3,8H2,1-2H3. The molecule has 0 bridgehead atoms. The van der Waals surface area contributed by atoms with Gasteiger partial charge in [-0.3, -0.25) is 4.98 Å². The second-order valence-corrected chi connectivity index (χ2v) is 7.96. The fraction of sp³-hybridized carbons (Fsp3) is 0.333. The Hall–Kier alpha value is -1.91. The molecular weight excluding hydrogens is 395 g/mol. The molecule has 2 aromatic rings. The van der Waals surface area contributed by atoms with Crippen LogP contribution in [0.5, 0.6) is 0 Å². The number of nitrogens with zero attached hydrogens (tertiary/aromatic N) is 3. The quantitative estimate of drug-likeness (QED) is 0.820. The van der Waals surface area contributed by atoms with Gasteiger partial charge in [0.25, 0.3) is 0 Å². The summed E-state index contributed by atoms with van der Waals surface area (Å²) in [6, 6.07) is 1.27. The maximum absolute atomic E-state index is 12.6. The number of hydrogen-bond acceptors (Lipinski definition) is 5. The fourth-order valence-electron chi connectivity index (χ4n) is 2.12. The summed E-state index contributed by atoms with van der Waals surface area (Å²) in [5, 5.41) is 7.88. The molecule has 0 saturated carbocycles. The Kier molecular flexibility index (Phi) is 5.79. The zero-order chi connectivity index (χ0) is 19.7. The molecule has 2 aromatic heterocycles. The van der Waals surface area contributed by atoms with Gasteiger partial charge in [0.2, 0.25) is 0 Å². The van der Waals surface area contributed by atoms with Crippen molar-refractivity contribution >= 4 is 27.5 Å². The van der Waals surface area contributed by atoms with Gasteiger partial charge < -0.3 is 9.67 Å². The summed E-state index contributed by atoms with van der Waals surface area (Å²) in [5.74, 6) is -0.160. The van der Waals surface area contributed by atoms with Crippen LogP contribution in [-0.2, 0) is 23.5 Å². The zero-order valence-electron chi connectivity index (χ0n) is 13.7. The van der Waals surface area contributed by atoms with E-state index in [0.29, 0.717) is 6.08 Å². The lowest BCUT2D eigenvalue weighted by Gasteiger charge is -2.11. The van der Waals surface area contributed by atoms with Crippen LogP contribution in [-0.4, -0.2) is 40.0 Å². The van der Waals surface area contributed by atoms with Crippen LogP contribution in [0.15, 0.2) is 28.4 Å². The molecule has 0 radical (unpaired) electrons. The predicted octanol–water partition coefficient (Wildman–Crippen LogP) is 2.91. The number of alkyl halides is 3. The largest absolute Gasteiger partial charge is 0.427 e. The first-order chi connectivity index (χ1) is 12.0. The number of pyridine rings is 1. The molecule has 0 aliphatic rings. The van der Waals surface area contributed by atoms with E-state index in [1.54, 1.807) is 0 Å². The highest BCUT2D eigenvalue weighted by molar-refractivity contribution is 7.91. The summed E-state index contributed by atoms with van der Waals surface area (Å²) in [6.45, 7) is 1.04. The SMILES string of the molecule is CCS(=O)(=O)c1cc(CO)cnc1-c1ncc(C=C(Cl)C(F)(F)F)n1C. The van der Waals surface area contributed by atoms with E-state index in [2.05, 4.69) is 9.97 Å². The Morgan fingerprint density at radius 1 is 1.35 bits per heavy atom. The summed E-state index contributed by atoms with van der Waals surface area (Å²) >= 11 is 5.24. The van der Waals surface area contributed by atoms with E-state index < -0.39 is 27.7 Å². The maximum Gasteiger partial charge on any atom is 0.427 e. The Balaban J connectivity index is 2.64. The van der Waals surface area contributed by atoms with E-state index in [4.69, 9.17) is 11.6 Å². The minimum absolute atomic E-state index is 0.0191. The summed E-state index contributed by atoms with van der Waals surface area (Å²) in [4.78, 5) is 7.87. The van der Waals surface area contributed by atoms with Crippen molar-refractivity contribution in [2.75, 3.05) is 5.75 Å². The average Bonchev–Trinajstić information content (AvgIpc) is 2.94. The number of sulfone groups is 1. The normalized spacial score (nSPS) is 13.3. The first kappa shape index (κ1) is 20.4. The number of aromatic nitrogens is 3. The topological polar surface area (TPSA) is 85.1 Å². The highest BCUT2D eigenvalue weighted by Gasteiger charge is 2.32. The van der Waals surface area contributed by atoms with Crippen molar-refractivity contribution in [1.82, 2.24) is 14.5 Å². The lowest BCUT2D eigenvalue weighted by atomic mass is 10.2. The summed E-state index contributed by atoms with van der Waals surface area (Å²) in [7, 11) is -2.30. The number of halogens is 4. The Morgan fingerprint density at radius 3 is 2.54 bits per heavy atom. The van der Waals surface area contributed by atoms with Crippen LogP contribution >= 0.6 is 11.6 Å². The van der Waals surface area contributed by atoms with Gasteiger partial charge in [-0.2, -0.15) is 13.2 Å². The third-order valence-electron chi connectivity index (χ3n) is 3.59. The molecule has 6 nitrogen and oxygen atoms in total. The Bertz CT molecular complexity index is 953. The lowest BCUT2D eigenvalue weighted by Crippen LogP contribution is -2.10. The van der Waals surface area contributed by atoms with E-state index in [-0.39, 0.29) is 33.4 Å². The van der Waals surface area contributed by atoms with Gasteiger partial charge in [-0.25, -0.2) is 13.4 Å². The monoisotopic (exact) mass is 409 g/mol. The van der Waals surface area contributed by atoms with Crippen LogP contribution < -0.4 is 0 Å². The molecule has 0 saturated heterocycles. The number of aliphatic hydroxyl groups is 1. The van der Waals surface area contributed by atoms with Crippen LogP contribution in [0.1, 0.15) is 18.2 Å². The highest BCUT2D eigenvalue weighted by Crippen LogP contribution is 2.32. The minimum atomic E-state index is -4.70. The summed E-state index contributed by atoms with van der Waals surface area (Å²) in [5.41, 5.74) is 0.291.